The van der Waals surface area contributed by atoms with Gasteiger partial charge in [-0.2, -0.15) is 13.2 Å². The Hall–Kier alpha value is -1.81. The van der Waals surface area contributed by atoms with Gasteiger partial charge in [0.25, 0.3) is 5.60 Å². The van der Waals surface area contributed by atoms with Crippen molar-refractivity contribution in [3.63, 3.8) is 0 Å². The topological polar surface area (TPSA) is 59.9 Å². The van der Waals surface area contributed by atoms with Gasteiger partial charge in [-0.05, 0) is 43.2 Å². The minimum atomic E-state index is -4.75. The van der Waals surface area contributed by atoms with Crippen LogP contribution in [0.3, 0.4) is 0 Å². The van der Waals surface area contributed by atoms with E-state index in [-0.39, 0.29) is 39.7 Å². The molecule has 2 aliphatic heterocycles. The molecule has 3 heterocycles. The Morgan fingerprint density at radius 3 is 2.62 bits per heavy atom. The van der Waals surface area contributed by atoms with Crippen molar-refractivity contribution in [2.75, 3.05) is 13.2 Å². The quantitative estimate of drug-likeness (QED) is 0.574. The predicted molar refractivity (Wildman–Crippen MR) is 116 cm³/mol. The first-order chi connectivity index (χ1) is 15.1. The van der Waals surface area contributed by atoms with Gasteiger partial charge >= 0.3 is 6.18 Å². The van der Waals surface area contributed by atoms with Gasteiger partial charge in [0.2, 0.25) is 5.91 Å². The molecule has 2 aliphatic rings. The first-order valence-electron chi connectivity index (χ1n) is 9.82. The third kappa shape index (κ3) is 4.48. The van der Waals surface area contributed by atoms with Crippen LogP contribution in [-0.4, -0.2) is 31.0 Å². The van der Waals surface area contributed by atoms with Crippen molar-refractivity contribution in [3.8, 4) is 0 Å². The maximum absolute atomic E-state index is 14.2. The minimum absolute atomic E-state index is 0.0748. The lowest BCUT2D eigenvalue weighted by atomic mass is 9.88. The van der Waals surface area contributed by atoms with Crippen molar-refractivity contribution in [1.29, 1.82) is 0 Å². The second-order valence-corrected chi connectivity index (χ2v) is 9.89. The monoisotopic (exact) mass is 506 g/mol. The Bertz CT molecular complexity index is 1050. The molecule has 1 amide bonds. The van der Waals surface area contributed by atoms with Gasteiger partial charge in [-0.1, -0.05) is 28.4 Å². The van der Waals surface area contributed by atoms with E-state index in [0.29, 0.717) is 24.5 Å². The van der Waals surface area contributed by atoms with Gasteiger partial charge in [-0.3, -0.25) is 4.79 Å². The number of rotatable bonds is 5. The highest BCUT2D eigenvalue weighted by atomic mass is 35.5. The molecule has 0 spiro atoms. The molecule has 1 aromatic carbocycles. The number of carbonyl (C=O) groups excluding carboxylic acids is 1. The summed E-state index contributed by atoms with van der Waals surface area (Å²) in [7, 11) is 0. The maximum atomic E-state index is 14.2. The van der Waals surface area contributed by atoms with Crippen molar-refractivity contribution < 1.29 is 27.5 Å². The van der Waals surface area contributed by atoms with Crippen molar-refractivity contribution in [1.82, 2.24) is 5.32 Å². The maximum Gasteiger partial charge on any atom is 0.435 e. The number of aryl methyl sites for hydroxylation is 1. The second kappa shape index (κ2) is 8.85. The average molecular weight is 507 g/mol. The van der Waals surface area contributed by atoms with Crippen molar-refractivity contribution in [3.05, 3.63) is 55.2 Å². The number of benzene rings is 1. The van der Waals surface area contributed by atoms with Crippen LogP contribution in [0.15, 0.2) is 29.4 Å². The van der Waals surface area contributed by atoms with E-state index in [9.17, 15) is 18.0 Å². The number of ether oxygens (including phenoxy) is 1. The minimum Gasteiger partial charge on any atom is -0.381 e. The van der Waals surface area contributed by atoms with E-state index in [4.69, 9.17) is 32.8 Å². The highest BCUT2D eigenvalue weighted by Crippen LogP contribution is 2.50. The molecule has 2 unspecified atom stereocenters. The van der Waals surface area contributed by atoms with E-state index >= 15 is 0 Å². The summed E-state index contributed by atoms with van der Waals surface area (Å²) in [6.45, 7) is 3.10. The van der Waals surface area contributed by atoms with Gasteiger partial charge in [0.05, 0.1) is 23.8 Å². The fourth-order valence-electron chi connectivity index (χ4n) is 3.73. The number of thiophene rings is 1. The normalized spacial score (nSPS) is 23.2. The summed E-state index contributed by atoms with van der Waals surface area (Å²) in [6, 6.07) is 5.47. The van der Waals surface area contributed by atoms with Crippen molar-refractivity contribution >= 4 is 46.2 Å². The van der Waals surface area contributed by atoms with Gasteiger partial charge in [0, 0.05) is 33.6 Å². The molecule has 1 N–H and O–H groups in total. The zero-order valence-electron chi connectivity index (χ0n) is 16.9. The SMILES string of the molecule is Cc1sc(C2=NOC(c3cc(Cl)cc(Cl)c3)(C(F)(F)F)C2)cc1CNC(=O)C1CCOC1. The number of hydrogen-bond acceptors (Lipinski definition) is 5. The van der Waals surface area contributed by atoms with Crippen LogP contribution < -0.4 is 5.32 Å². The molecule has 4 rings (SSSR count). The Kier molecular flexibility index (Phi) is 6.46. The van der Waals surface area contributed by atoms with E-state index in [2.05, 4.69) is 10.5 Å². The lowest BCUT2D eigenvalue weighted by Gasteiger charge is -2.29. The van der Waals surface area contributed by atoms with Gasteiger partial charge < -0.3 is 14.9 Å². The van der Waals surface area contributed by atoms with E-state index < -0.39 is 18.2 Å². The number of nitrogens with zero attached hydrogens (tertiary/aromatic N) is 1. The van der Waals surface area contributed by atoms with Crippen molar-refractivity contribution in [2.45, 2.75) is 38.1 Å². The molecule has 1 aromatic heterocycles. The van der Waals surface area contributed by atoms with Gasteiger partial charge in [0.1, 0.15) is 5.71 Å². The smallest absolute Gasteiger partial charge is 0.381 e. The predicted octanol–water partition coefficient (Wildman–Crippen LogP) is 5.60. The summed E-state index contributed by atoms with van der Waals surface area (Å²) in [5.74, 6) is -0.261. The van der Waals surface area contributed by atoms with E-state index in [1.165, 1.54) is 29.5 Å². The van der Waals surface area contributed by atoms with Crippen LogP contribution in [0, 0.1) is 12.8 Å². The lowest BCUT2D eigenvalue weighted by molar-refractivity contribution is -0.275. The molecule has 0 aliphatic carbocycles. The molecule has 2 aromatic rings. The largest absolute Gasteiger partial charge is 0.435 e. The van der Waals surface area contributed by atoms with Gasteiger partial charge in [-0.25, -0.2) is 0 Å². The number of nitrogens with one attached hydrogen (secondary N) is 1. The molecular formula is C21H19Cl2F3N2O3S. The Balaban J connectivity index is 1.54. The number of amides is 1. The first kappa shape index (κ1) is 23.4. The third-order valence-corrected chi connectivity index (χ3v) is 7.15. The molecule has 0 saturated carbocycles. The molecule has 1 fully saturated rings. The summed E-state index contributed by atoms with van der Waals surface area (Å²) >= 11 is 13.2. The third-order valence-electron chi connectivity index (χ3n) is 5.57. The summed E-state index contributed by atoms with van der Waals surface area (Å²) in [5.41, 5.74) is -1.89. The molecule has 1 saturated heterocycles. The molecule has 2 atom stereocenters. The number of alkyl halides is 3. The van der Waals surface area contributed by atoms with Crippen LogP contribution in [0.5, 0.6) is 0 Å². The average Bonchev–Trinajstić information content (AvgIpc) is 3.45. The summed E-state index contributed by atoms with van der Waals surface area (Å²) in [4.78, 5) is 18.7. The first-order valence-corrected chi connectivity index (χ1v) is 11.4. The number of oxime groups is 1. The van der Waals surface area contributed by atoms with Gasteiger partial charge in [-0.15, -0.1) is 11.3 Å². The lowest BCUT2D eigenvalue weighted by Crippen LogP contribution is -2.42. The Morgan fingerprint density at radius 1 is 1.28 bits per heavy atom. The van der Waals surface area contributed by atoms with Crippen LogP contribution in [0.1, 0.15) is 33.7 Å². The van der Waals surface area contributed by atoms with E-state index in [1.54, 1.807) is 6.07 Å². The highest BCUT2D eigenvalue weighted by Gasteiger charge is 2.62. The van der Waals surface area contributed by atoms with Crippen LogP contribution in [-0.2, 0) is 26.5 Å². The Morgan fingerprint density at radius 2 is 2.00 bits per heavy atom. The number of halogens is 5. The highest BCUT2D eigenvalue weighted by molar-refractivity contribution is 7.14. The fourth-order valence-corrected chi connectivity index (χ4v) is 5.27. The summed E-state index contributed by atoms with van der Waals surface area (Å²) in [6.07, 6.45) is -4.59. The van der Waals surface area contributed by atoms with E-state index in [1.807, 2.05) is 6.92 Å². The molecular weight excluding hydrogens is 488 g/mol. The van der Waals surface area contributed by atoms with Crippen LogP contribution >= 0.6 is 34.5 Å². The molecule has 5 nitrogen and oxygen atoms in total. The zero-order valence-corrected chi connectivity index (χ0v) is 19.2. The summed E-state index contributed by atoms with van der Waals surface area (Å²) in [5, 5.41) is 6.81. The van der Waals surface area contributed by atoms with Crippen LogP contribution in [0.25, 0.3) is 0 Å². The molecule has 32 heavy (non-hydrogen) atoms. The van der Waals surface area contributed by atoms with Crippen LogP contribution in [0.2, 0.25) is 10.0 Å². The van der Waals surface area contributed by atoms with Crippen LogP contribution in [0.4, 0.5) is 13.2 Å². The number of hydrogen-bond donors (Lipinski definition) is 1. The molecule has 0 radical (unpaired) electrons. The molecule has 0 bridgehead atoms. The van der Waals surface area contributed by atoms with E-state index in [0.717, 1.165) is 10.4 Å². The van der Waals surface area contributed by atoms with Gasteiger partial charge in [0.15, 0.2) is 0 Å². The second-order valence-electron chi connectivity index (χ2n) is 7.76. The van der Waals surface area contributed by atoms with Crippen molar-refractivity contribution in [2.24, 2.45) is 11.1 Å². The molecule has 172 valence electrons. The molecule has 11 heteroatoms. The zero-order chi connectivity index (χ0) is 23.1. The Labute approximate surface area is 196 Å². The number of carbonyl (C=O) groups is 1. The standard InChI is InChI=1S/C21H19Cl2F3N2O3S/c1-11-13(9-27-19(29)12-2-3-30-10-12)4-18(32-11)17-8-20(31-28-17,21(24,25)26)14-5-15(22)7-16(23)6-14/h4-7,12H,2-3,8-10H2,1H3,(H,27,29). The summed E-state index contributed by atoms with van der Waals surface area (Å²) < 4.78 is 47.7. The fraction of sp³-hybridized carbons (Fsp3) is 0.429.